The van der Waals surface area contributed by atoms with Crippen molar-refractivity contribution in [1.82, 2.24) is 5.32 Å². The molecule has 1 aliphatic rings. The molecule has 0 saturated heterocycles. The van der Waals surface area contributed by atoms with Gasteiger partial charge < -0.3 is 20.5 Å². The maximum atomic E-state index is 6.34. The van der Waals surface area contributed by atoms with E-state index in [9.17, 15) is 0 Å². The molecule has 0 bridgehead atoms. The van der Waals surface area contributed by atoms with Gasteiger partial charge >= 0.3 is 0 Å². The lowest BCUT2D eigenvalue weighted by Gasteiger charge is -2.30. The molecule has 1 heterocycles. The van der Waals surface area contributed by atoms with Crippen molar-refractivity contribution in [1.29, 1.82) is 0 Å². The average molecular weight is 346 g/mol. The minimum atomic E-state index is -0.141. The molecule has 1 aliphatic heterocycles. The van der Waals surface area contributed by atoms with Gasteiger partial charge in [-0.3, -0.25) is 0 Å². The van der Waals surface area contributed by atoms with Gasteiger partial charge in [0.05, 0.1) is 26.3 Å². The van der Waals surface area contributed by atoms with Gasteiger partial charge in [-0.15, -0.1) is 0 Å². The van der Waals surface area contributed by atoms with E-state index >= 15 is 0 Å². The quantitative estimate of drug-likeness (QED) is 0.890. The van der Waals surface area contributed by atoms with Crippen LogP contribution in [0, 0.1) is 0 Å². The summed E-state index contributed by atoms with van der Waals surface area (Å²) in [6.45, 7) is 0. The predicted octanol–water partition coefficient (Wildman–Crippen LogP) is 3.45. The molecule has 0 saturated carbocycles. The first kappa shape index (κ1) is 16.5. The molecule has 2 aromatic rings. The van der Waals surface area contributed by atoms with Crippen molar-refractivity contribution in [2.75, 3.05) is 14.2 Å². The van der Waals surface area contributed by atoms with Gasteiger partial charge in [0, 0.05) is 10.6 Å². The lowest BCUT2D eigenvalue weighted by Crippen LogP contribution is -2.39. The van der Waals surface area contributed by atoms with E-state index in [1.165, 1.54) is 0 Å². The summed E-state index contributed by atoms with van der Waals surface area (Å²) in [5, 5.41) is 3.92. The zero-order valence-corrected chi connectivity index (χ0v) is 14.4. The summed E-state index contributed by atoms with van der Waals surface area (Å²) in [4.78, 5) is 4.55. The van der Waals surface area contributed by atoms with Crippen molar-refractivity contribution >= 4 is 17.6 Å². The summed E-state index contributed by atoms with van der Waals surface area (Å²) in [6.07, 6.45) is 0.716. The highest BCUT2D eigenvalue weighted by atomic mass is 35.5. The summed E-state index contributed by atoms with van der Waals surface area (Å²) < 4.78 is 10.8. The fourth-order valence-electron chi connectivity index (χ4n) is 2.98. The Balaban J connectivity index is 1.97. The third-order valence-electron chi connectivity index (χ3n) is 4.15. The number of nitrogens with two attached hydrogens (primary N) is 1. The molecule has 2 atom stereocenters. The summed E-state index contributed by atoms with van der Waals surface area (Å²) >= 11 is 6.34. The number of halogens is 1. The maximum Gasteiger partial charge on any atom is 0.189 e. The van der Waals surface area contributed by atoms with E-state index in [1.54, 1.807) is 14.2 Å². The van der Waals surface area contributed by atoms with Gasteiger partial charge in [0.1, 0.15) is 11.5 Å². The van der Waals surface area contributed by atoms with Crippen molar-refractivity contribution in [2.24, 2.45) is 10.7 Å². The van der Waals surface area contributed by atoms with Crippen LogP contribution in [0.2, 0.25) is 5.02 Å². The number of guanidine groups is 1. The zero-order valence-electron chi connectivity index (χ0n) is 13.6. The Bertz CT molecular complexity index is 764. The molecule has 0 aliphatic carbocycles. The molecule has 0 spiro atoms. The smallest absolute Gasteiger partial charge is 0.189 e. The van der Waals surface area contributed by atoms with Crippen molar-refractivity contribution in [3.8, 4) is 11.5 Å². The number of aliphatic imine (C=N–C) groups is 1. The van der Waals surface area contributed by atoms with Crippen LogP contribution in [0.1, 0.15) is 29.6 Å². The van der Waals surface area contributed by atoms with E-state index in [2.05, 4.69) is 10.3 Å². The minimum absolute atomic E-state index is 0.0166. The first-order chi connectivity index (χ1) is 11.6. The van der Waals surface area contributed by atoms with Gasteiger partial charge in [-0.05, 0) is 36.2 Å². The second kappa shape index (κ2) is 7.01. The molecule has 0 amide bonds. The summed E-state index contributed by atoms with van der Waals surface area (Å²) in [6, 6.07) is 13.3. The minimum Gasteiger partial charge on any atom is -0.497 e. The molecule has 0 fully saturated rings. The SMILES string of the molecule is COc1ccc(OC)c(C2CC(c3ccccc3Cl)NC(N)=N2)c1. The molecule has 0 radical (unpaired) electrons. The molecule has 0 aromatic heterocycles. The molecule has 126 valence electrons. The van der Waals surface area contributed by atoms with Crippen LogP contribution in [-0.2, 0) is 0 Å². The molecule has 5 nitrogen and oxygen atoms in total. The van der Waals surface area contributed by atoms with Crippen LogP contribution in [0.4, 0.5) is 0 Å². The largest absolute Gasteiger partial charge is 0.497 e. The molecule has 2 aromatic carbocycles. The van der Waals surface area contributed by atoms with Gasteiger partial charge in [0.25, 0.3) is 0 Å². The van der Waals surface area contributed by atoms with E-state index in [0.717, 1.165) is 22.6 Å². The van der Waals surface area contributed by atoms with E-state index in [1.807, 2.05) is 42.5 Å². The standard InChI is InChI=1S/C18H20ClN3O2/c1-23-11-7-8-17(24-2)13(9-11)16-10-15(21-18(20)22-16)12-5-3-4-6-14(12)19/h3-9,15-16H,10H2,1-2H3,(H3,20,21,22). The Morgan fingerprint density at radius 1 is 1.12 bits per heavy atom. The topological polar surface area (TPSA) is 68.9 Å². The number of benzene rings is 2. The first-order valence-electron chi connectivity index (χ1n) is 7.68. The number of nitrogens with one attached hydrogen (secondary N) is 1. The highest BCUT2D eigenvalue weighted by Crippen LogP contribution is 2.39. The van der Waals surface area contributed by atoms with Gasteiger partial charge in [0.15, 0.2) is 5.96 Å². The van der Waals surface area contributed by atoms with Crippen LogP contribution in [0.25, 0.3) is 0 Å². The van der Waals surface area contributed by atoms with Crippen molar-refractivity contribution in [3.63, 3.8) is 0 Å². The number of methoxy groups -OCH3 is 2. The normalized spacial score (nSPS) is 20.0. The second-order valence-electron chi connectivity index (χ2n) is 5.59. The fraction of sp³-hybridized carbons (Fsp3) is 0.278. The highest BCUT2D eigenvalue weighted by Gasteiger charge is 2.28. The van der Waals surface area contributed by atoms with Crippen LogP contribution >= 0.6 is 11.6 Å². The first-order valence-corrected chi connectivity index (χ1v) is 8.06. The lowest BCUT2D eigenvalue weighted by molar-refractivity contribution is 0.388. The summed E-state index contributed by atoms with van der Waals surface area (Å²) in [7, 11) is 3.28. The Morgan fingerprint density at radius 3 is 2.62 bits per heavy atom. The van der Waals surface area contributed by atoms with Crippen LogP contribution < -0.4 is 20.5 Å². The number of nitrogens with zero attached hydrogens (tertiary/aromatic N) is 1. The van der Waals surface area contributed by atoms with Crippen molar-refractivity contribution < 1.29 is 9.47 Å². The van der Waals surface area contributed by atoms with Crippen LogP contribution in [0.5, 0.6) is 11.5 Å². The Kier molecular flexibility index (Phi) is 4.81. The molecule has 6 heteroatoms. The third kappa shape index (κ3) is 3.26. The van der Waals surface area contributed by atoms with Crippen LogP contribution in [0.15, 0.2) is 47.5 Å². The maximum absolute atomic E-state index is 6.34. The second-order valence-corrected chi connectivity index (χ2v) is 6.00. The molecule has 2 unspecified atom stereocenters. The number of hydrogen-bond acceptors (Lipinski definition) is 5. The molecular formula is C18H20ClN3O2. The number of rotatable bonds is 4. The molecule has 24 heavy (non-hydrogen) atoms. The van der Waals surface area contributed by atoms with Gasteiger partial charge in [-0.1, -0.05) is 29.8 Å². The van der Waals surface area contributed by atoms with Gasteiger partial charge in [-0.2, -0.15) is 0 Å². The number of hydrogen-bond donors (Lipinski definition) is 2. The van der Waals surface area contributed by atoms with E-state index in [0.29, 0.717) is 17.4 Å². The highest BCUT2D eigenvalue weighted by molar-refractivity contribution is 6.31. The third-order valence-corrected chi connectivity index (χ3v) is 4.50. The van der Waals surface area contributed by atoms with Gasteiger partial charge in [-0.25, -0.2) is 4.99 Å². The van der Waals surface area contributed by atoms with Gasteiger partial charge in [0.2, 0.25) is 0 Å². The Labute approximate surface area is 146 Å². The number of ether oxygens (including phenoxy) is 2. The summed E-state index contributed by atoms with van der Waals surface area (Å²) in [5.74, 6) is 1.91. The van der Waals surface area contributed by atoms with E-state index in [-0.39, 0.29) is 12.1 Å². The fourth-order valence-corrected chi connectivity index (χ4v) is 3.24. The van der Waals surface area contributed by atoms with Crippen molar-refractivity contribution in [2.45, 2.75) is 18.5 Å². The predicted molar refractivity (Wildman–Crippen MR) is 95.9 cm³/mol. The molecule has 3 rings (SSSR count). The van der Waals surface area contributed by atoms with E-state index < -0.39 is 0 Å². The Morgan fingerprint density at radius 2 is 1.92 bits per heavy atom. The van der Waals surface area contributed by atoms with Crippen molar-refractivity contribution in [3.05, 3.63) is 58.6 Å². The van der Waals surface area contributed by atoms with Crippen LogP contribution in [-0.4, -0.2) is 20.2 Å². The molecular weight excluding hydrogens is 326 g/mol. The summed E-state index contributed by atoms with van der Waals surface area (Å²) in [5.41, 5.74) is 7.97. The molecule has 3 N–H and O–H groups in total. The zero-order chi connectivity index (χ0) is 17.1. The van der Waals surface area contributed by atoms with E-state index in [4.69, 9.17) is 26.8 Å². The lowest BCUT2D eigenvalue weighted by atomic mass is 9.93. The van der Waals surface area contributed by atoms with Crippen LogP contribution in [0.3, 0.4) is 0 Å². The monoisotopic (exact) mass is 345 g/mol. The Hall–Kier alpha value is -2.40. The average Bonchev–Trinajstić information content (AvgIpc) is 2.61.